The molecule has 4 N–H and O–H groups in total. The molecule has 0 aliphatic carbocycles. The van der Waals surface area contributed by atoms with Gasteiger partial charge in [0.1, 0.15) is 42.0 Å². The van der Waals surface area contributed by atoms with Gasteiger partial charge in [0.25, 0.3) is 0 Å². The van der Waals surface area contributed by atoms with Crippen molar-refractivity contribution in [2.45, 2.75) is 18.3 Å². The lowest BCUT2D eigenvalue weighted by Gasteiger charge is -2.22. The maximum Gasteiger partial charge on any atom is 0.405 e. The SMILES string of the molecule is C=C/C(NCC(F)(F)F)=C(F)\C=C(/O)C(c1cc(F)c(NCC(F)(F)F)cc1O)c1ccccc1OC. The summed E-state index contributed by atoms with van der Waals surface area (Å²) in [5.74, 6) is -5.75. The van der Waals surface area contributed by atoms with Gasteiger partial charge in [0.2, 0.25) is 0 Å². The lowest BCUT2D eigenvalue weighted by atomic mass is 9.87. The first kappa shape index (κ1) is 29.3. The molecule has 37 heavy (non-hydrogen) atoms. The van der Waals surface area contributed by atoms with Crippen molar-refractivity contribution in [3.05, 3.63) is 89.4 Å². The normalized spacial score (nSPS) is 14.0. The second-order valence-electron chi connectivity index (χ2n) is 7.54. The van der Waals surface area contributed by atoms with Crippen LogP contribution in [0.4, 0.5) is 40.8 Å². The number of allylic oxidation sites excluding steroid dienone is 4. The van der Waals surface area contributed by atoms with E-state index in [1.807, 2.05) is 0 Å². The molecule has 2 rings (SSSR count). The van der Waals surface area contributed by atoms with Gasteiger partial charge >= 0.3 is 12.4 Å². The van der Waals surface area contributed by atoms with Gasteiger partial charge in [0.05, 0.1) is 24.4 Å². The van der Waals surface area contributed by atoms with Gasteiger partial charge in [0, 0.05) is 23.3 Å². The van der Waals surface area contributed by atoms with Gasteiger partial charge < -0.3 is 25.6 Å². The smallest absolute Gasteiger partial charge is 0.405 e. The zero-order chi connectivity index (χ0) is 28.0. The molecule has 5 nitrogen and oxygen atoms in total. The standard InChI is InChI=1S/C24H22F8N2O3/c1-3-17(33-11-23(27,28)29)16(26)9-20(36)22(13-6-4-5-7-21(13)37-2)14-8-15(25)18(10-19(14)35)34-12-24(30,31)32/h3-10,22,33-36H,1,11-12H2,2H3/b17-16-,20-9-. The molecule has 0 aromatic heterocycles. The minimum atomic E-state index is -4.69. The number of aromatic hydroxyl groups is 1. The van der Waals surface area contributed by atoms with Gasteiger partial charge in [-0.25, -0.2) is 8.78 Å². The first-order valence-corrected chi connectivity index (χ1v) is 10.4. The number of nitrogens with one attached hydrogen (secondary N) is 2. The van der Waals surface area contributed by atoms with Crippen LogP contribution in [0.25, 0.3) is 0 Å². The first-order chi connectivity index (χ1) is 17.2. The lowest BCUT2D eigenvalue weighted by Crippen LogP contribution is -2.28. The number of ether oxygens (including phenoxy) is 1. The van der Waals surface area contributed by atoms with E-state index in [9.17, 15) is 45.3 Å². The maximum absolute atomic E-state index is 14.8. The van der Waals surface area contributed by atoms with Crippen molar-refractivity contribution < 1.29 is 50.1 Å². The van der Waals surface area contributed by atoms with Crippen LogP contribution >= 0.6 is 0 Å². The fourth-order valence-corrected chi connectivity index (χ4v) is 3.27. The lowest BCUT2D eigenvalue weighted by molar-refractivity contribution is -0.123. The van der Waals surface area contributed by atoms with Gasteiger partial charge in [-0.3, -0.25) is 0 Å². The van der Waals surface area contributed by atoms with Crippen LogP contribution in [0.5, 0.6) is 11.5 Å². The maximum atomic E-state index is 14.8. The van der Waals surface area contributed by atoms with Crippen LogP contribution in [0.3, 0.4) is 0 Å². The molecule has 0 fully saturated rings. The van der Waals surface area contributed by atoms with Crippen LogP contribution in [0.1, 0.15) is 17.0 Å². The van der Waals surface area contributed by atoms with E-state index in [-0.39, 0.29) is 11.3 Å². The number of anilines is 1. The molecule has 0 amide bonds. The second-order valence-corrected chi connectivity index (χ2v) is 7.54. The van der Waals surface area contributed by atoms with Crippen molar-refractivity contribution in [1.82, 2.24) is 5.32 Å². The van der Waals surface area contributed by atoms with Gasteiger partial charge in [-0.05, 0) is 18.2 Å². The van der Waals surface area contributed by atoms with Gasteiger partial charge in [0.15, 0.2) is 0 Å². The number of rotatable bonds is 10. The zero-order valence-electron chi connectivity index (χ0n) is 19.1. The highest BCUT2D eigenvalue weighted by atomic mass is 19.4. The predicted octanol–water partition coefficient (Wildman–Crippen LogP) is 6.61. The quantitative estimate of drug-likeness (QED) is 0.156. The highest BCUT2D eigenvalue weighted by Gasteiger charge is 2.30. The van der Waals surface area contributed by atoms with E-state index in [4.69, 9.17) is 4.74 Å². The number of aliphatic hydroxyl groups excluding tert-OH is 1. The topological polar surface area (TPSA) is 73.8 Å². The Morgan fingerprint density at radius 1 is 1.05 bits per heavy atom. The molecule has 0 aliphatic rings. The summed E-state index contributed by atoms with van der Waals surface area (Å²) in [6.45, 7) is 0.00492. The fourth-order valence-electron chi connectivity index (χ4n) is 3.27. The van der Waals surface area contributed by atoms with Crippen LogP contribution < -0.4 is 15.4 Å². The van der Waals surface area contributed by atoms with E-state index in [2.05, 4.69) is 6.58 Å². The van der Waals surface area contributed by atoms with Gasteiger partial charge in [-0.15, -0.1) is 0 Å². The van der Waals surface area contributed by atoms with Crippen LogP contribution in [0.2, 0.25) is 0 Å². The minimum Gasteiger partial charge on any atom is -0.511 e. The van der Waals surface area contributed by atoms with Crippen molar-refractivity contribution in [2.24, 2.45) is 0 Å². The molecule has 2 aromatic rings. The molecule has 1 unspecified atom stereocenters. The van der Waals surface area contributed by atoms with Crippen LogP contribution in [-0.2, 0) is 0 Å². The summed E-state index contributed by atoms with van der Waals surface area (Å²) >= 11 is 0. The summed E-state index contributed by atoms with van der Waals surface area (Å²) in [5.41, 5.74) is -1.74. The molecule has 0 radical (unpaired) electrons. The highest BCUT2D eigenvalue weighted by molar-refractivity contribution is 5.58. The van der Waals surface area contributed by atoms with Crippen molar-refractivity contribution in [3.63, 3.8) is 0 Å². The Kier molecular flexibility index (Phi) is 9.43. The van der Waals surface area contributed by atoms with Gasteiger partial charge in [-0.2, -0.15) is 26.3 Å². The second kappa shape index (κ2) is 11.9. The average Bonchev–Trinajstić information content (AvgIpc) is 2.79. The number of benzene rings is 2. The molecular weight excluding hydrogens is 516 g/mol. The molecule has 0 spiro atoms. The number of para-hydroxylation sites is 1. The van der Waals surface area contributed by atoms with Crippen molar-refractivity contribution in [3.8, 4) is 11.5 Å². The highest BCUT2D eigenvalue weighted by Crippen LogP contribution is 2.42. The summed E-state index contributed by atoms with van der Waals surface area (Å²) in [5, 5.41) is 24.9. The molecule has 0 heterocycles. The number of methoxy groups -OCH3 is 1. The average molecular weight is 538 g/mol. The van der Waals surface area contributed by atoms with Crippen molar-refractivity contribution >= 4 is 5.69 Å². The third-order valence-electron chi connectivity index (χ3n) is 4.87. The third kappa shape index (κ3) is 8.33. The molecular formula is C24H22F8N2O3. The van der Waals surface area contributed by atoms with E-state index >= 15 is 0 Å². The van der Waals surface area contributed by atoms with Crippen LogP contribution in [0.15, 0.2) is 72.4 Å². The fraction of sp³-hybridized carbons (Fsp3) is 0.250. The Balaban J connectivity index is 2.64. The Bertz CT molecular complexity index is 1170. The van der Waals surface area contributed by atoms with Crippen LogP contribution in [-0.4, -0.2) is 42.8 Å². The molecule has 0 saturated carbocycles. The number of phenols is 1. The van der Waals surface area contributed by atoms with Crippen molar-refractivity contribution in [2.75, 3.05) is 25.5 Å². The zero-order valence-corrected chi connectivity index (χ0v) is 19.1. The number of halogens is 8. The predicted molar refractivity (Wildman–Crippen MR) is 121 cm³/mol. The van der Waals surface area contributed by atoms with E-state index in [1.54, 1.807) is 10.6 Å². The molecule has 2 aromatic carbocycles. The molecule has 0 saturated heterocycles. The summed E-state index contributed by atoms with van der Waals surface area (Å²) < 4.78 is 110. The Labute approximate surface area is 206 Å². The summed E-state index contributed by atoms with van der Waals surface area (Å²) in [7, 11) is 1.25. The molecule has 13 heteroatoms. The van der Waals surface area contributed by atoms with E-state index in [0.29, 0.717) is 18.2 Å². The number of phenolic OH excluding ortho intramolecular Hbond substituents is 1. The van der Waals surface area contributed by atoms with E-state index < -0.39 is 71.5 Å². The number of hydrogen-bond acceptors (Lipinski definition) is 5. The molecule has 0 aliphatic heterocycles. The number of alkyl halides is 6. The Morgan fingerprint density at radius 3 is 2.24 bits per heavy atom. The monoisotopic (exact) mass is 538 g/mol. The summed E-state index contributed by atoms with van der Waals surface area (Å²) in [6, 6.07) is 7.08. The van der Waals surface area contributed by atoms with Gasteiger partial charge in [-0.1, -0.05) is 24.8 Å². The van der Waals surface area contributed by atoms with Crippen molar-refractivity contribution in [1.29, 1.82) is 0 Å². The molecule has 202 valence electrons. The Morgan fingerprint density at radius 2 is 1.68 bits per heavy atom. The Hall–Kier alpha value is -3.90. The van der Waals surface area contributed by atoms with E-state index in [1.165, 1.54) is 31.4 Å². The number of hydrogen-bond donors (Lipinski definition) is 4. The summed E-state index contributed by atoms with van der Waals surface area (Å²) in [4.78, 5) is 0. The largest absolute Gasteiger partial charge is 0.511 e. The number of aliphatic hydroxyl groups is 1. The third-order valence-corrected chi connectivity index (χ3v) is 4.87. The summed E-state index contributed by atoms with van der Waals surface area (Å²) in [6.07, 6.45) is -8.20. The minimum absolute atomic E-state index is 0.0701. The van der Waals surface area contributed by atoms with Crippen LogP contribution in [0, 0.1) is 5.82 Å². The molecule has 0 bridgehead atoms. The first-order valence-electron chi connectivity index (χ1n) is 10.4. The molecule has 1 atom stereocenters. The van der Waals surface area contributed by atoms with E-state index in [0.717, 1.165) is 6.08 Å².